The molecule has 3 rings (SSSR count). The van der Waals surface area contributed by atoms with Crippen LogP contribution >= 0.6 is 24.0 Å². The van der Waals surface area contributed by atoms with Crippen molar-refractivity contribution in [1.82, 2.24) is 20.0 Å². The van der Waals surface area contributed by atoms with Gasteiger partial charge in [-0.05, 0) is 40.2 Å². The van der Waals surface area contributed by atoms with Gasteiger partial charge in [0, 0.05) is 50.8 Å². The maximum atomic E-state index is 5.49. The molecule has 1 N–H and O–H groups in total. The molecule has 2 heterocycles. The van der Waals surface area contributed by atoms with Crippen molar-refractivity contribution in [1.29, 1.82) is 0 Å². The van der Waals surface area contributed by atoms with Crippen molar-refractivity contribution < 1.29 is 4.74 Å². The lowest BCUT2D eigenvalue weighted by Crippen LogP contribution is -2.47. The summed E-state index contributed by atoms with van der Waals surface area (Å²) < 4.78 is 5.49. The second kappa shape index (κ2) is 10.3. The van der Waals surface area contributed by atoms with Gasteiger partial charge in [-0.2, -0.15) is 0 Å². The van der Waals surface area contributed by atoms with E-state index in [1.54, 1.807) is 0 Å². The fourth-order valence-electron chi connectivity index (χ4n) is 3.79. The summed E-state index contributed by atoms with van der Waals surface area (Å²) in [4.78, 5) is 12.5. The Bertz CT molecular complexity index is 426. The third kappa shape index (κ3) is 5.94. The number of morpholine rings is 1. The number of nitrogens with zero attached hydrogens (tertiary/aromatic N) is 4. The van der Waals surface area contributed by atoms with E-state index in [-0.39, 0.29) is 24.0 Å². The molecule has 0 amide bonds. The van der Waals surface area contributed by atoms with E-state index < -0.39 is 0 Å². The van der Waals surface area contributed by atoms with Crippen molar-refractivity contribution in [3.05, 3.63) is 0 Å². The molecule has 0 spiro atoms. The fraction of sp³-hybridized carbons (Fsp3) is 0.944. The number of hydrogen-bond donors (Lipinski definition) is 1. The van der Waals surface area contributed by atoms with Crippen molar-refractivity contribution in [2.24, 2.45) is 4.99 Å². The van der Waals surface area contributed by atoms with Crippen LogP contribution < -0.4 is 5.32 Å². The van der Waals surface area contributed by atoms with Crippen LogP contribution in [0.5, 0.6) is 0 Å². The Balaban J connectivity index is 0.00000225. The summed E-state index contributed by atoms with van der Waals surface area (Å²) in [6.07, 6.45) is 3.96. The minimum atomic E-state index is 0. The molecule has 2 saturated heterocycles. The largest absolute Gasteiger partial charge is 0.379 e. The molecule has 7 heteroatoms. The standard InChI is InChI=1S/C18H35N5O.HI/c1-4-19-18(20-13-15(2)21(3)16-5-6-16)23-8-7-17(14-23)22-9-11-24-12-10-22;/h15-17H,4-14H2,1-3H3,(H,19,20);1H. The molecular weight excluding hydrogens is 429 g/mol. The predicted molar refractivity (Wildman–Crippen MR) is 114 cm³/mol. The number of likely N-dealkylation sites (tertiary alicyclic amines) is 1. The Morgan fingerprint density at radius 3 is 2.60 bits per heavy atom. The highest BCUT2D eigenvalue weighted by Crippen LogP contribution is 2.27. The lowest BCUT2D eigenvalue weighted by atomic mass is 10.2. The SMILES string of the molecule is CCNC(=NCC(C)N(C)C1CC1)N1CCC(N2CCOCC2)C1.I. The van der Waals surface area contributed by atoms with E-state index in [1.165, 1.54) is 19.3 Å². The van der Waals surface area contributed by atoms with Crippen molar-refractivity contribution >= 4 is 29.9 Å². The van der Waals surface area contributed by atoms with Crippen LogP contribution in [-0.4, -0.2) is 98.3 Å². The van der Waals surface area contributed by atoms with Crippen molar-refractivity contribution in [3.8, 4) is 0 Å². The highest BCUT2D eigenvalue weighted by molar-refractivity contribution is 14.0. The molecule has 146 valence electrons. The van der Waals surface area contributed by atoms with E-state index in [0.29, 0.717) is 12.1 Å². The topological polar surface area (TPSA) is 43.3 Å². The normalized spacial score (nSPS) is 26.6. The van der Waals surface area contributed by atoms with Crippen LogP contribution in [0.25, 0.3) is 0 Å². The van der Waals surface area contributed by atoms with Crippen LogP contribution in [0, 0.1) is 0 Å². The van der Waals surface area contributed by atoms with Crippen LogP contribution in [0.4, 0.5) is 0 Å². The third-order valence-electron chi connectivity index (χ3n) is 5.68. The number of rotatable bonds is 6. The van der Waals surface area contributed by atoms with Gasteiger partial charge < -0.3 is 15.0 Å². The second-order valence-corrected chi connectivity index (χ2v) is 7.48. The molecule has 3 fully saturated rings. The van der Waals surface area contributed by atoms with Gasteiger partial charge in [-0.1, -0.05) is 0 Å². The average molecular weight is 465 g/mol. The lowest BCUT2D eigenvalue weighted by molar-refractivity contribution is 0.0195. The summed E-state index contributed by atoms with van der Waals surface area (Å²) in [5, 5.41) is 3.50. The molecule has 25 heavy (non-hydrogen) atoms. The predicted octanol–water partition coefficient (Wildman–Crippen LogP) is 1.46. The van der Waals surface area contributed by atoms with Gasteiger partial charge in [-0.25, -0.2) is 0 Å². The summed E-state index contributed by atoms with van der Waals surface area (Å²) in [5.41, 5.74) is 0. The van der Waals surface area contributed by atoms with E-state index in [0.717, 1.165) is 64.5 Å². The molecule has 0 aromatic rings. The summed E-state index contributed by atoms with van der Waals surface area (Å²) in [7, 11) is 2.25. The van der Waals surface area contributed by atoms with Gasteiger partial charge in [0.2, 0.25) is 0 Å². The molecule has 2 atom stereocenters. The van der Waals surface area contributed by atoms with Gasteiger partial charge in [0.05, 0.1) is 19.8 Å². The second-order valence-electron chi connectivity index (χ2n) is 7.48. The first-order valence-electron chi connectivity index (χ1n) is 9.76. The van der Waals surface area contributed by atoms with E-state index in [9.17, 15) is 0 Å². The van der Waals surface area contributed by atoms with Gasteiger partial charge in [-0.3, -0.25) is 14.8 Å². The number of hydrogen-bond acceptors (Lipinski definition) is 4. The van der Waals surface area contributed by atoms with Gasteiger partial charge in [0.15, 0.2) is 5.96 Å². The fourth-order valence-corrected chi connectivity index (χ4v) is 3.79. The first-order valence-corrected chi connectivity index (χ1v) is 9.76. The summed E-state index contributed by atoms with van der Waals surface area (Å²) in [5.74, 6) is 1.10. The smallest absolute Gasteiger partial charge is 0.194 e. The number of nitrogens with one attached hydrogen (secondary N) is 1. The quantitative estimate of drug-likeness (QED) is 0.366. The van der Waals surface area contributed by atoms with E-state index in [1.807, 2.05) is 0 Å². The molecule has 3 aliphatic rings. The maximum absolute atomic E-state index is 5.49. The van der Waals surface area contributed by atoms with Gasteiger partial charge in [-0.15, -0.1) is 24.0 Å². The van der Waals surface area contributed by atoms with Crippen LogP contribution in [0.15, 0.2) is 4.99 Å². The molecule has 0 radical (unpaired) electrons. The number of guanidine groups is 1. The molecule has 0 aromatic carbocycles. The maximum Gasteiger partial charge on any atom is 0.194 e. The Morgan fingerprint density at radius 2 is 1.96 bits per heavy atom. The van der Waals surface area contributed by atoms with Crippen LogP contribution in [-0.2, 0) is 4.74 Å². The van der Waals surface area contributed by atoms with E-state index >= 15 is 0 Å². The zero-order chi connectivity index (χ0) is 16.9. The van der Waals surface area contributed by atoms with Crippen molar-refractivity contribution in [2.75, 3.05) is 59.5 Å². The molecule has 2 unspecified atom stereocenters. The van der Waals surface area contributed by atoms with E-state index in [4.69, 9.17) is 9.73 Å². The summed E-state index contributed by atoms with van der Waals surface area (Å²) in [6, 6.07) is 1.98. The molecular formula is C18H36IN5O. The Kier molecular flexibility index (Phi) is 8.71. The van der Waals surface area contributed by atoms with Gasteiger partial charge in [0.1, 0.15) is 0 Å². The first kappa shape index (κ1) is 21.2. The molecule has 1 aliphatic carbocycles. The minimum Gasteiger partial charge on any atom is -0.379 e. The number of aliphatic imine (C=N–C) groups is 1. The van der Waals surface area contributed by atoms with Crippen molar-refractivity contribution in [3.63, 3.8) is 0 Å². The number of ether oxygens (including phenoxy) is 1. The lowest BCUT2D eigenvalue weighted by Gasteiger charge is -2.32. The van der Waals surface area contributed by atoms with Crippen LogP contribution in [0.2, 0.25) is 0 Å². The molecule has 2 aliphatic heterocycles. The molecule has 0 bridgehead atoms. The Hall–Kier alpha value is -0.120. The zero-order valence-electron chi connectivity index (χ0n) is 16.1. The molecule has 1 saturated carbocycles. The highest BCUT2D eigenvalue weighted by Gasteiger charge is 2.31. The third-order valence-corrected chi connectivity index (χ3v) is 5.68. The first-order chi connectivity index (χ1) is 11.7. The summed E-state index contributed by atoms with van der Waals surface area (Å²) >= 11 is 0. The van der Waals surface area contributed by atoms with Gasteiger partial charge >= 0.3 is 0 Å². The number of likely N-dealkylation sites (N-methyl/N-ethyl adjacent to an activating group) is 1. The van der Waals surface area contributed by atoms with Crippen molar-refractivity contribution in [2.45, 2.75) is 51.2 Å². The highest BCUT2D eigenvalue weighted by atomic mass is 127. The number of halogens is 1. The monoisotopic (exact) mass is 465 g/mol. The Labute approximate surface area is 170 Å². The molecule has 6 nitrogen and oxygen atoms in total. The Morgan fingerprint density at radius 1 is 1.24 bits per heavy atom. The van der Waals surface area contributed by atoms with E-state index in [2.05, 4.69) is 40.9 Å². The summed E-state index contributed by atoms with van der Waals surface area (Å²) in [6.45, 7) is 12.4. The van der Waals surface area contributed by atoms with Crippen LogP contribution in [0.1, 0.15) is 33.1 Å². The van der Waals surface area contributed by atoms with Crippen LogP contribution in [0.3, 0.4) is 0 Å². The minimum absolute atomic E-state index is 0. The molecule has 0 aromatic heterocycles. The van der Waals surface area contributed by atoms with Gasteiger partial charge in [0.25, 0.3) is 0 Å². The zero-order valence-corrected chi connectivity index (χ0v) is 18.4. The average Bonchev–Trinajstić information content (AvgIpc) is 3.35.